The molecule has 2 N–H and O–H groups in total. The van der Waals surface area contributed by atoms with Crippen LogP contribution in [0.5, 0.6) is 0 Å². The second-order valence-electron chi connectivity index (χ2n) is 5.48. The first-order valence-electron chi connectivity index (χ1n) is 6.08. The molecule has 5 nitrogen and oxygen atoms in total. The SMILES string of the molecule is CO[C@@H]1CN(C(=O)OC(C)(C)C)CC[C@H]1CN. The summed E-state index contributed by atoms with van der Waals surface area (Å²) in [5.74, 6) is 0.332. The molecule has 1 rings (SSSR count). The number of ether oxygens (including phenoxy) is 2. The summed E-state index contributed by atoms with van der Waals surface area (Å²) in [6.45, 7) is 7.45. The van der Waals surface area contributed by atoms with Crippen LogP contribution >= 0.6 is 0 Å². The monoisotopic (exact) mass is 244 g/mol. The molecule has 0 aromatic rings. The van der Waals surface area contributed by atoms with Gasteiger partial charge in [0.15, 0.2) is 0 Å². The highest BCUT2D eigenvalue weighted by Crippen LogP contribution is 2.21. The number of hydrogen-bond donors (Lipinski definition) is 1. The molecular formula is C12H24N2O3. The predicted octanol–water partition coefficient (Wildman–Crippen LogP) is 1.22. The van der Waals surface area contributed by atoms with Crippen molar-refractivity contribution in [2.24, 2.45) is 11.7 Å². The number of carbonyl (C=O) groups is 1. The molecule has 0 spiro atoms. The molecule has 0 aromatic carbocycles. The Bertz CT molecular complexity index is 263. The van der Waals surface area contributed by atoms with Gasteiger partial charge in [-0.3, -0.25) is 0 Å². The molecule has 0 saturated carbocycles. The summed E-state index contributed by atoms with van der Waals surface area (Å²) in [5, 5.41) is 0. The van der Waals surface area contributed by atoms with Crippen LogP contribution in [0.1, 0.15) is 27.2 Å². The Hall–Kier alpha value is -0.810. The molecule has 0 aromatic heterocycles. The van der Waals surface area contributed by atoms with Crippen molar-refractivity contribution in [2.45, 2.75) is 38.9 Å². The van der Waals surface area contributed by atoms with Gasteiger partial charge in [0.1, 0.15) is 5.60 Å². The molecule has 100 valence electrons. The summed E-state index contributed by atoms with van der Waals surface area (Å²) in [6, 6.07) is 0. The number of amides is 1. The van der Waals surface area contributed by atoms with Gasteiger partial charge in [0.25, 0.3) is 0 Å². The van der Waals surface area contributed by atoms with Gasteiger partial charge in [0.2, 0.25) is 0 Å². The van der Waals surface area contributed by atoms with Gasteiger partial charge in [-0.15, -0.1) is 0 Å². The van der Waals surface area contributed by atoms with E-state index in [0.29, 0.717) is 25.6 Å². The van der Waals surface area contributed by atoms with Gasteiger partial charge < -0.3 is 20.1 Å². The molecule has 5 heteroatoms. The number of nitrogens with two attached hydrogens (primary N) is 1. The summed E-state index contributed by atoms with van der Waals surface area (Å²) < 4.78 is 10.7. The van der Waals surface area contributed by atoms with E-state index >= 15 is 0 Å². The van der Waals surface area contributed by atoms with E-state index < -0.39 is 5.60 Å². The molecule has 1 aliphatic heterocycles. The van der Waals surface area contributed by atoms with Gasteiger partial charge in [-0.2, -0.15) is 0 Å². The quantitative estimate of drug-likeness (QED) is 0.793. The van der Waals surface area contributed by atoms with Gasteiger partial charge in [-0.25, -0.2) is 4.79 Å². The standard InChI is InChI=1S/C12H24N2O3/c1-12(2,3)17-11(15)14-6-5-9(7-13)10(8-14)16-4/h9-10H,5-8,13H2,1-4H3/t9-,10+/m0/s1. The van der Waals surface area contributed by atoms with Crippen molar-refractivity contribution in [2.75, 3.05) is 26.7 Å². The number of methoxy groups -OCH3 is 1. The largest absolute Gasteiger partial charge is 0.444 e. The smallest absolute Gasteiger partial charge is 0.410 e. The number of nitrogens with zero attached hydrogens (tertiary/aromatic N) is 1. The van der Waals surface area contributed by atoms with Crippen LogP contribution in [0.25, 0.3) is 0 Å². The lowest BCUT2D eigenvalue weighted by Gasteiger charge is -2.37. The normalized spacial score (nSPS) is 25.8. The maximum atomic E-state index is 11.9. The van der Waals surface area contributed by atoms with Gasteiger partial charge >= 0.3 is 6.09 Å². The van der Waals surface area contributed by atoms with Crippen molar-refractivity contribution >= 4 is 6.09 Å². The number of rotatable bonds is 2. The molecule has 1 saturated heterocycles. The Morgan fingerprint density at radius 2 is 2.12 bits per heavy atom. The minimum absolute atomic E-state index is 0.0151. The van der Waals surface area contributed by atoms with Crippen LogP contribution in [0, 0.1) is 5.92 Å². The first-order chi connectivity index (χ1) is 7.87. The summed E-state index contributed by atoms with van der Waals surface area (Å²) in [4.78, 5) is 13.6. The Morgan fingerprint density at radius 1 is 1.47 bits per heavy atom. The fourth-order valence-corrected chi connectivity index (χ4v) is 1.99. The van der Waals surface area contributed by atoms with E-state index in [1.807, 2.05) is 20.8 Å². The summed E-state index contributed by atoms with van der Waals surface area (Å²) >= 11 is 0. The molecular weight excluding hydrogens is 220 g/mol. The van der Waals surface area contributed by atoms with Crippen molar-refractivity contribution in [1.29, 1.82) is 0 Å². The van der Waals surface area contributed by atoms with Gasteiger partial charge in [0.05, 0.1) is 12.6 Å². The lowest BCUT2D eigenvalue weighted by Crippen LogP contribution is -2.50. The van der Waals surface area contributed by atoms with Gasteiger partial charge in [-0.1, -0.05) is 0 Å². The first kappa shape index (κ1) is 14.3. The molecule has 0 radical (unpaired) electrons. The van der Waals surface area contributed by atoms with Crippen LogP contribution in [-0.2, 0) is 9.47 Å². The van der Waals surface area contributed by atoms with Crippen LogP contribution in [-0.4, -0.2) is 49.4 Å². The number of piperidine rings is 1. The van der Waals surface area contributed by atoms with Crippen molar-refractivity contribution in [1.82, 2.24) is 4.90 Å². The van der Waals surface area contributed by atoms with E-state index in [2.05, 4.69) is 0 Å². The Kier molecular flexibility index (Phi) is 4.77. The highest BCUT2D eigenvalue weighted by Gasteiger charge is 2.32. The number of carbonyl (C=O) groups excluding carboxylic acids is 1. The molecule has 1 aliphatic rings. The van der Waals surface area contributed by atoms with Crippen molar-refractivity contribution in [3.8, 4) is 0 Å². The third-order valence-electron chi connectivity index (χ3n) is 2.95. The third kappa shape index (κ3) is 4.16. The van der Waals surface area contributed by atoms with Crippen molar-refractivity contribution < 1.29 is 14.3 Å². The average Bonchev–Trinajstić information content (AvgIpc) is 2.25. The lowest BCUT2D eigenvalue weighted by molar-refractivity contribution is -0.0266. The van der Waals surface area contributed by atoms with E-state index in [-0.39, 0.29) is 12.2 Å². The molecule has 1 heterocycles. The van der Waals surface area contributed by atoms with Crippen LogP contribution in [0.2, 0.25) is 0 Å². The van der Waals surface area contributed by atoms with E-state index in [4.69, 9.17) is 15.2 Å². The zero-order valence-corrected chi connectivity index (χ0v) is 11.2. The fraction of sp³-hybridized carbons (Fsp3) is 0.917. The van der Waals surface area contributed by atoms with E-state index in [1.54, 1.807) is 12.0 Å². The van der Waals surface area contributed by atoms with Crippen LogP contribution < -0.4 is 5.73 Å². The van der Waals surface area contributed by atoms with Crippen molar-refractivity contribution in [3.05, 3.63) is 0 Å². The highest BCUT2D eigenvalue weighted by molar-refractivity contribution is 5.68. The van der Waals surface area contributed by atoms with Gasteiger partial charge in [0, 0.05) is 19.6 Å². The minimum atomic E-state index is -0.454. The first-order valence-corrected chi connectivity index (χ1v) is 6.08. The second kappa shape index (κ2) is 5.69. The van der Waals surface area contributed by atoms with E-state index in [9.17, 15) is 4.79 Å². The number of likely N-dealkylation sites (tertiary alicyclic amines) is 1. The molecule has 0 unspecified atom stereocenters. The zero-order valence-electron chi connectivity index (χ0n) is 11.2. The summed E-state index contributed by atoms with van der Waals surface area (Å²) in [6.07, 6.45) is 0.616. The Balaban J connectivity index is 2.54. The van der Waals surface area contributed by atoms with Crippen LogP contribution in [0.4, 0.5) is 4.79 Å². The summed E-state index contributed by atoms with van der Waals surface area (Å²) in [7, 11) is 1.66. The zero-order chi connectivity index (χ0) is 13.1. The molecule has 0 bridgehead atoms. The average molecular weight is 244 g/mol. The summed E-state index contributed by atoms with van der Waals surface area (Å²) in [5.41, 5.74) is 5.22. The predicted molar refractivity (Wildman–Crippen MR) is 65.8 cm³/mol. The van der Waals surface area contributed by atoms with Crippen LogP contribution in [0.3, 0.4) is 0 Å². The molecule has 1 fully saturated rings. The Morgan fingerprint density at radius 3 is 2.59 bits per heavy atom. The van der Waals surface area contributed by atoms with Gasteiger partial charge in [-0.05, 0) is 33.7 Å². The maximum absolute atomic E-state index is 11.9. The fourth-order valence-electron chi connectivity index (χ4n) is 1.99. The topological polar surface area (TPSA) is 64.8 Å². The highest BCUT2D eigenvalue weighted by atomic mass is 16.6. The molecule has 17 heavy (non-hydrogen) atoms. The maximum Gasteiger partial charge on any atom is 0.410 e. The van der Waals surface area contributed by atoms with Crippen LogP contribution in [0.15, 0.2) is 0 Å². The molecule has 0 aliphatic carbocycles. The van der Waals surface area contributed by atoms with E-state index in [0.717, 1.165) is 6.42 Å². The second-order valence-corrected chi connectivity index (χ2v) is 5.48. The molecule has 2 atom stereocenters. The minimum Gasteiger partial charge on any atom is -0.444 e. The molecule has 1 amide bonds. The lowest BCUT2D eigenvalue weighted by atomic mass is 9.94. The number of hydrogen-bond acceptors (Lipinski definition) is 4. The Labute approximate surface area is 103 Å². The van der Waals surface area contributed by atoms with E-state index in [1.165, 1.54) is 0 Å². The third-order valence-corrected chi connectivity index (χ3v) is 2.95. The van der Waals surface area contributed by atoms with Crippen molar-refractivity contribution in [3.63, 3.8) is 0 Å².